The normalized spacial score (nSPS) is 13.6. The smallest absolute Gasteiger partial charge is 0.282 e. The molecule has 0 aliphatic carbocycles. The van der Waals surface area contributed by atoms with Crippen LogP contribution < -0.4 is 19.7 Å². The van der Waals surface area contributed by atoms with Gasteiger partial charge < -0.3 is 14.8 Å². The van der Waals surface area contributed by atoms with Gasteiger partial charge in [-0.2, -0.15) is 0 Å². The van der Waals surface area contributed by atoms with Crippen LogP contribution in [-0.4, -0.2) is 26.0 Å². The van der Waals surface area contributed by atoms with E-state index in [1.807, 2.05) is 18.2 Å². The molecule has 7 heteroatoms. The van der Waals surface area contributed by atoms with Crippen molar-refractivity contribution in [2.45, 2.75) is 0 Å². The summed E-state index contributed by atoms with van der Waals surface area (Å²) in [7, 11) is 3.05. The van der Waals surface area contributed by atoms with Gasteiger partial charge in [-0.05, 0) is 48.0 Å². The molecule has 0 aromatic heterocycles. The number of imide groups is 1. The second-order valence-electron chi connectivity index (χ2n) is 6.73. The van der Waals surface area contributed by atoms with Crippen LogP contribution in [0.3, 0.4) is 0 Å². The van der Waals surface area contributed by atoms with Crippen LogP contribution in [0.1, 0.15) is 5.56 Å². The monoisotopic (exact) mass is 434 g/mol. The fraction of sp³-hybridized carbons (Fsp3) is 0.0833. The van der Waals surface area contributed by atoms with Crippen LogP contribution in [0.4, 0.5) is 11.4 Å². The van der Waals surface area contributed by atoms with Gasteiger partial charge >= 0.3 is 0 Å². The third-order valence-electron chi connectivity index (χ3n) is 4.89. The van der Waals surface area contributed by atoms with E-state index >= 15 is 0 Å². The number of methoxy groups -OCH3 is 2. The second-order valence-corrected chi connectivity index (χ2v) is 7.17. The van der Waals surface area contributed by atoms with Crippen molar-refractivity contribution >= 4 is 40.4 Å². The molecule has 0 unspecified atom stereocenters. The number of hydrogen-bond donors (Lipinski definition) is 1. The van der Waals surface area contributed by atoms with E-state index in [1.165, 1.54) is 13.2 Å². The topological polar surface area (TPSA) is 67.9 Å². The first kappa shape index (κ1) is 20.5. The zero-order valence-corrected chi connectivity index (χ0v) is 17.6. The number of ether oxygens (including phenoxy) is 2. The number of rotatable bonds is 6. The number of benzene rings is 3. The minimum absolute atomic E-state index is 0.170. The number of nitrogens with one attached hydrogen (secondary N) is 1. The van der Waals surface area contributed by atoms with Crippen molar-refractivity contribution in [1.82, 2.24) is 0 Å². The second kappa shape index (κ2) is 8.53. The van der Waals surface area contributed by atoms with Crippen molar-refractivity contribution in [2.24, 2.45) is 0 Å². The molecule has 156 valence electrons. The molecular formula is C24H19ClN2O4. The molecule has 4 rings (SSSR count). The molecule has 1 N–H and O–H groups in total. The Bertz CT molecular complexity index is 1170. The van der Waals surface area contributed by atoms with Crippen LogP contribution >= 0.6 is 11.6 Å². The molecule has 0 fully saturated rings. The number of nitrogens with zero attached hydrogens (tertiary/aromatic N) is 1. The lowest BCUT2D eigenvalue weighted by Gasteiger charge is -2.18. The van der Waals surface area contributed by atoms with Crippen molar-refractivity contribution in [3.63, 3.8) is 0 Å². The van der Waals surface area contributed by atoms with E-state index in [4.69, 9.17) is 21.1 Å². The van der Waals surface area contributed by atoms with E-state index in [9.17, 15) is 9.59 Å². The molecule has 0 bridgehead atoms. The van der Waals surface area contributed by atoms with Gasteiger partial charge in [-0.25, -0.2) is 4.90 Å². The maximum atomic E-state index is 13.5. The molecule has 1 aliphatic rings. The number of halogens is 1. The van der Waals surface area contributed by atoms with E-state index in [2.05, 4.69) is 5.32 Å². The highest BCUT2D eigenvalue weighted by molar-refractivity contribution is 6.46. The van der Waals surface area contributed by atoms with E-state index < -0.39 is 11.8 Å². The van der Waals surface area contributed by atoms with Crippen LogP contribution in [-0.2, 0) is 9.59 Å². The maximum absolute atomic E-state index is 13.5. The van der Waals surface area contributed by atoms with Crippen LogP contribution in [0.15, 0.2) is 78.5 Å². The molecule has 2 amide bonds. The molecule has 6 nitrogen and oxygen atoms in total. The maximum Gasteiger partial charge on any atom is 0.282 e. The summed E-state index contributed by atoms with van der Waals surface area (Å²) in [6.07, 6.45) is 0. The summed E-state index contributed by atoms with van der Waals surface area (Å²) in [4.78, 5) is 28.0. The fourth-order valence-electron chi connectivity index (χ4n) is 3.39. The molecule has 3 aromatic rings. The quantitative estimate of drug-likeness (QED) is 0.567. The summed E-state index contributed by atoms with van der Waals surface area (Å²) in [5.41, 5.74) is 1.99. The molecule has 0 spiro atoms. The van der Waals surface area contributed by atoms with Crippen molar-refractivity contribution in [3.05, 3.63) is 89.1 Å². The molecule has 1 heterocycles. The summed E-state index contributed by atoms with van der Waals surface area (Å²) < 4.78 is 10.6. The molecule has 0 radical (unpaired) electrons. The Morgan fingerprint density at radius 2 is 1.55 bits per heavy atom. The molecule has 1 aliphatic heterocycles. The average Bonchev–Trinajstić information content (AvgIpc) is 3.04. The van der Waals surface area contributed by atoms with Gasteiger partial charge in [-0.15, -0.1) is 0 Å². The summed E-state index contributed by atoms with van der Waals surface area (Å²) in [6, 6.07) is 20.9. The van der Waals surface area contributed by atoms with Crippen molar-refractivity contribution in [1.29, 1.82) is 0 Å². The Morgan fingerprint density at radius 3 is 2.19 bits per heavy atom. The van der Waals surface area contributed by atoms with Crippen LogP contribution in [0, 0.1) is 0 Å². The predicted molar refractivity (Wildman–Crippen MR) is 120 cm³/mol. The Hall–Kier alpha value is -3.77. The van der Waals surface area contributed by atoms with E-state index in [1.54, 1.807) is 55.6 Å². The molecule has 0 saturated carbocycles. The third kappa shape index (κ3) is 3.85. The zero-order valence-electron chi connectivity index (χ0n) is 16.9. The van der Waals surface area contributed by atoms with E-state index in [0.717, 1.165) is 4.90 Å². The molecule has 3 aromatic carbocycles. The number of carbonyl (C=O) groups is 2. The predicted octanol–water partition coefficient (Wildman–Crippen LogP) is 4.75. The Balaban J connectivity index is 1.82. The van der Waals surface area contributed by atoms with Gasteiger partial charge in [0.15, 0.2) is 0 Å². The van der Waals surface area contributed by atoms with E-state index in [0.29, 0.717) is 27.8 Å². The minimum Gasteiger partial charge on any atom is -0.497 e. The summed E-state index contributed by atoms with van der Waals surface area (Å²) in [5, 5.41) is 3.49. The van der Waals surface area contributed by atoms with Crippen LogP contribution in [0.2, 0.25) is 5.02 Å². The zero-order chi connectivity index (χ0) is 22.0. The van der Waals surface area contributed by atoms with Crippen molar-refractivity contribution in [2.75, 3.05) is 24.4 Å². The Kier molecular flexibility index (Phi) is 5.64. The lowest BCUT2D eigenvalue weighted by molar-refractivity contribution is -0.120. The molecule has 31 heavy (non-hydrogen) atoms. The first-order valence-corrected chi connectivity index (χ1v) is 9.84. The van der Waals surface area contributed by atoms with Gasteiger partial charge in [0.2, 0.25) is 0 Å². The SMILES string of the molecule is COc1ccc(NC2=C(c3ccccc3)C(=O)N(c3cc(Cl)ccc3OC)C2=O)cc1. The highest BCUT2D eigenvalue weighted by atomic mass is 35.5. The Labute approximate surface area is 184 Å². The van der Waals surface area contributed by atoms with Gasteiger partial charge in [-0.1, -0.05) is 41.9 Å². The van der Waals surface area contributed by atoms with E-state index in [-0.39, 0.29) is 17.0 Å². The minimum atomic E-state index is -0.500. The number of amides is 2. The van der Waals surface area contributed by atoms with Gasteiger partial charge in [0.05, 0.1) is 25.5 Å². The molecule has 0 atom stereocenters. The average molecular weight is 435 g/mol. The highest BCUT2D eigenvalue weighted by Gasteiger charge is 2.41. The first-order valence-electron chi connectivity index (χ1n) is 9.46. The standard InChI is InChI=1S/C24H19ClN2O4/c1-30-18-11-9-17(10-12-18)26-22-21(15-6-4-3-5-7-15)23(28)27(24(22)29)19-14-16(25)8-13-20(19)31-2/h3-14,26H,1-2H3. The molecular weight excluding hydrogens is 416 g/mol. The summed E-state index contributed by atoms with van der Waals surface area (Å²) >= 11 is 6.15. The fourth-order valence-corrected chi connectivity index (χ4v) is 3.56. The van der Waals surface area contributed by atoms with Gasteiger partial charge in [0.1, 0.15) is 17.2 Å². The van der Waals surface area contributed by atoms with Crippen molar-refractivity contribution < 1.29 is 19.1 Å². The number of anilines is 2. The first-order chi connectivity index (χ1) is 15.0. The molecule has 0 saturated heterocycles. The third-order valence-corrected chi connectivity index (χ3v) is 5.12. The summed E-state index contributed by atoms with van der Waals surface area (Å²) in [6.45, 7) is 0. The largest absolute Gasteiger partial charge is 0.497 e. The van der Waals surface area contributed by atoms with Gasteiger partial charge in [-0.3, -0.25) is 9.59 Å². The lowest BCUT2D eigenvalue weighted by Crippen LogP contribution is -2.32. The lowest BCUT2D eigenvalue weighted by atomic mass is 10.0. The van der Waals surface area contributed by atoms with Gasteiger partial charge in [0, 0.05) is 10.7 Å². The highest BCUT2D eigenvalue weighted by Crippen LogP contribution is 2.39. The number of carbonyl (C=O) groups excluding carboxylic acids is 2. The van der Waals surface area contributed by atoms with Crippen LogP contribution in [0.5, 0.6) is 11.5 Å². The number of hydrogen-bond acceptors (Lipinski definition) is 5. The van der Waals surface area contributed by atoms with Crippen LogP contribution in [0.25, 0.3) is 5.57 Å². The summed E-state index contributed by atoms with van der Waals surface area (Å²) in [5.74, 6) is 0.0825. The Morgan fingerprint density at radius 1 is 0.839 bits per heavy atom. The van der Waals surface area contributed by atoms with Crippen molar-refractivity contribution in [3.8, 4) is 11.5 Å². The van der Waals surface area contributed by atoms with Gasteiger partial charge in [0.25, 0.3) is 11.8 Å².